The number of hydrogen-bond acceptors (Lipinski definition) is 3. The minimum Gasteiger partial charge on any atom is -0.496 e. The molecule has 2 aromatic carbocycles. The average Bonchev–Trinajstić information content (AvgIpc) is 3.10. The Labute approximate surface area is 134 Å². The van der Waals surface area contributed by atoms with Crippen LogP contribution in [0, 0.1) is 0 Å². The third-order valence-corrected chi connectivity index (χ3v) is 3.71. The van der Waals surface area contributed by atoms with E-state index in [-0.39, 0.29) is 5.78 Å². The van der Waals surface area contributed by atoms with Crippen LogP contribution < -0.4 is 9.47 Å². The molecule has 0 spiro atoms. The molecule has 0 aliphatic rings. The Kier molecular flexibility index (Phi) is 4.15. The van der Waals surface area contributed by atoms with Crippen LogP contribution >= 0.6 is 0 Å². The van der Waals surface area contributed by atoms with Crippen molar-refractivity contribution in [1.82, 2.24) is 4.98 Å². The van der Waals surface area contributed by atoms with Gasteiger partial charge in [-0.1, -0.05) is 36.4 Å². The molecule has 1 aromatic heterocycles. The van der Waals surface area contributed by atoms with E-state index in [9.17, 15) is 4.79 Å². The van der Waals surface area contributed by atoms with Gasteiger partial charge in [0.15, 0.2) is 0 Å². The Morgan fingerprint density at radius 2 is 1.52 bits per heavy atom. The molecule has 1 heterocycles. The smallest absolute Gasteiger partial charge is 0.217 e. The number of H-pyrrole nitrogens is 1. The molecule has 0 saturated heterocycles. The Morgan fingerprint density at radius 3 is 2.13 bits per heavy atom. The first kappa shape index (κ1) is 14.9. The van der Waals surface area contributed by atoms with Crippen LogP contribution in [0.4, 0.5) is 0 Å². The number of methoxy groups -OCH3 is 2. The van der Waals surface area contributed by atoms with Gasteiger partial charge in [0.25, 0.3) is 0 Å². The number of aromatic amines is 1. The van der Waals surface area contributed by atoms with E-state index in [0.29, 0.717) is 22.8 Å². The molecule has 0 bridgehead atoms. The van der Waals surface area contributed by atoms with Crippen LogP contribution in [0.25, 0.3) is 11.1 Å². The summed E-state index contributed by atoms with van der Waals surface area (Å²) in [7, 11) is 3.08. The van der Waals surface area contributed by atoms with Gasteiger partial charge in [0, 0.05) is 11.8 Å². The predicted octanol–water partition coefficient (Wildman–Crippen LogP) is 3.93. The number of ketones is 1. The van der Waals surface area contributed by atoms with Crippen molar-refractivity contribution < 1.29 is 14.3 Å². The van der Waals surface area contributed by atoms with E-state index < -0.39 is 0 Å². The summed E-state index contributed by atoms with van der Waals surface area (Å²) in [4.78, 5) is 16.1. The first-order valence-electron chi connectivity index (χ1n) is 7.24. The van der Waals surface area contributed by atoms with Crippen LogP contribution in [0.2, 0.25) is 0 Å². The van der Waals surface area contributed by atoms with Gasteiger partial charge >= 0.3 is 0 Å². The Morgan fingerprint density at radius 1 is 0.870 bits per heavy atom. The van der Waals surface area contributed by atoms with Gasteiger partial charge in [0.2, 0.25) is 5.78 Å². The molecule has 3 rings (SSSR count). The highest BCUT2D eigenvalue weighted by Crippen LogP contribution is 2.33. The summed E-state index contributed by atoms with van der Waals surface area (Å²) in [6.07, 6.45) is 1.76. The molecule has 23 heavy (non-hydrogen) atoms. The summed E-state index contributed by atoms with van der Waals surface area (Å²) in [5.41, 5.74) is 2.76. The van der Waals surface area contributed by atoms with Gasteiger partial charge in [-0.3, -0.25) is 4.79 Å². The second kappa shape index (κ2) is 6.40. The van der Waals surface area contributed by atoms with E-state index in [1.807, 2.05) is 36.4 Å². The molecule has 0 aliphatic carbocycles. The monoisotopic (exact) mass is 307 g/mol. The van der Waals surface area contributed by atoms with Crippen LogP contribution in [-0.4, -0.2) is 25.0 Å². The van der Waals surface area contributed by atoms with Crippen molar-refractivity contribution in [3.63, 3.8) is 0 Å². The van der Waals surface area contributed by atoms with E-state index in [1.165, 1.54) is 0 Å². The molecule has 0 saturated carbocycles. The highest BCUT2D eigenvalue weighted by Gasteiger charge is 2.23. The molecule has 0 unspecified atom stereocenters. The number of carbonyl (C=O) groups excluding carboxylic acids is 1. The van der Waals surface area contributed by atoms with Crippen LogP contribution in [0.3, 0.4) is 0 Å². The van der Waals surface area contributed by atoms with Crippen LogP contribution in [0.15, 0.2) is 60.8 Å². The van der Waals surface area contributed by atoms with Gasteiger partial charge in [-0.05, 0) is 23.8 Å². The number of ether oxygens (including phenoxy) is 2. The summed E-state index contributed by atoms with van der Waals surface area (Å²) in [6, 6.07) is 17.0. The van der Waals surface area contributed by atoms with Crippen LogP contribution in [-0.2, 0) is 0 Å². The normalized spacial score (nSPS) is 10.3. The van der Waals surface area contributed by atoms with Crippen molar-refractivity contribution in [2.24, 2.45) is 0 Å². The SMILES string of the molecule is COc1cccc(OC)c1C(=O)c1[nH]ccc1-c1ccccc1. The highest BCUT2D eigenvalue weighted by atomic mass is 16.5. The highest BCUT2D eigenvalue weighted by molar-refractivity contribution is 6.14. The third kappa shape index (κ3) is 2.71. The fourth-order valence-electron chi connectivity index (χ4n) is 2.62. The quantitative estimate of drug-likeness (QED) is 0.727. The Bertz CT molecular complexity index is 799. The molecule has 3 aromatic rings. The van der Waals surface area contributed by atoms with Crippen LogP contribution in [0.1, 0.15) is 16.1 Å². The van der Waals surface area contributed by atoms with E-state index in [1.54, 1.807) is 38.6 Å². The van der Waals surface area contributed by atoms with E-state index in [4.69, 9.17) is 9.47 Å². The molecule has 116 valence electrons. The molecule has 0 amide bonds. The Balaban J connectivity index is 2.12. The summed E-state index contributed by atoms with van der Waals surface area (Å²) < 4.78 is 10.7. The summed E-state index contributed by atoms with van der Waals surface area (Å²) >= 11 is 0. The molecule has 4 nitrogen and oxygen atoms in total. The molecule has 4 heteroatoms. The summed E-state index contributed by atoms with van der Waals surface area (Å²) in [5.74, 6) is 0.814. The van der Waals surface area contributed by atoms with Gasteiger partial charge in [0.05, 0.1) is 19.9 Å². The van der Waals surface area contributed by atoms with E-state index >= 15 is 0 Å². The molecule has 0 fully saturated rings. The zero-order valence-electron chi connectivity index (χ0n) is 13.0. The number of nitrogens with one attached hydrogen (secondary N) is 1. The molecule has 0 atom stereocenters. The van der Waals surface area contributed by atoms with Crippen molar-refractivity contribution in [2.45, 2.75) is 0 Å². The number of benzene rings is 2. The Hall–Kier alpha value is -3.01. The first-order chi connectivity index (χ1) is 11.3. The van der Waals surface area contributed by atoms with Gasteiger partial charge < -0.3 is 14.5 Å². The third-order valence-electron chi connectivity index (χ3n) is 3.71. The van der Waals surface area contributed by atoms with Gasteiger partial charge in [-0.2, -0.15) is 0 Å². The number of carbonyl (C=O) groups is 1. The maximum absolute atomic E-state index is 13.1. The van der Waals surface area contributed by atoms with E-state index in [0.717, 1.165) is 11.1 Å². The summed E-state index contributed by atoms with van der Waals surface area (Å²) in [6.45, 7) is 0. The average molecular weight is 307 g/mol. The van der Waals surface area contributed by atoms with Gasteiger partial charge in [-0.15, -0.1) is 0 Å². The lowest BCUT2D eigenvalue weighted by atomic mass is 9.99. The van der Waals surface area contributed by atoms with Crippen molar-refractivity contribution in [1.29, 1.82) is 0 Å². The molecule has 0 aliphatic heterocycles. The van der Waals surface area contributed by atoms with Crippen LogP contribution in [0.5, 0.6) is 11.5 Å². The second-order valence-electron chi connectivity index (χ2n) is 5.00. The molecular formula is C19H17NO3. The molecule has 0 radical (unpaired) electrons. The van der Waals surface area contributed by atoms with Crippen molar-refractivity contribution in [3.8, 4) is 22.6 Å². The van der Waals surface area contributed by atoms with Crippen molar-refractivity contribution in [3.05, 3.63) is 72.1 Å². The van der Waals surface area contributed by atoms with Crippen molar-refractivity contribution >= 4 is 5.78 Å². The molecular weight excluding hydrogens is 290 g/mol. The van der Waals surface area contributed by atoms with E-state index in [2.05, 4.69) is 4.98 Å². The fraction of sp³-hybridized carbons (Fsp3) is 0.105. The lowest BCUT2D eigenvalue weighted by Crippen LogP contribution is -2.08. The zero-order chi connectivity index (χ0) is 16.2. The van der Waals surface area contributed by atoms with Crippen molar-refractivity contribution in [2.75, 3.05) is 14.2 Å². The minimum atomic E-state index is -0.164. The topological polar surface area (TPSA) is 51.3 Å². The maximum Gasteiger partial charge on any atom is 0.217 e. The number of hydrogen-bond donors (Lipinski definition) is 1. The molecule has 1 N–H and O–H groups in total. The van der Waals surface area contributed by atoms with Gasteiger partial charge in [-0.25, -0.2) is 0 Å². The largest absolute Gasteiger partial charge is 0.496 e. The lowest BCUT2D eigenvalue weighted by Gasteiger charge is -2.12. The maximum atomic E-state index is 13.1. The van der Waals surface area contributed by atoms with Gasteiger partial charge in [0.1, 0.15) is 17.1 Å². The second-order valence-corrected chi connectivity index (χ2v) is 5.00. The number of aromatic nitrogens is 1. The zero-order valence-corrected chi connectivity index (χ0v) is 13.0. The summed E-state index contributed by atoms with van der Waals surface area (Å²) in [5, 5.41) is 0. The predicted molar refractivity (Wildman–Crippen MR) is 89.2 cm³/mol. The first-order valence-corrected chi connectivity index (χ1v) is 7.24. The minimum absolute atomic E-state index is 0.164. The lowest BCUT2D eigenvalue weighted by molar-refractivity contribution is 0.102. The fourth-order valence-corrected chi connectivity index (χ4v) is 2.62. The number of rotatable bonds is 5. The standard InChI is InChI=1S/C19H17NO3/c1-22-15-9-6-10-16(23-2)17(15)19(21)18-14(11-12-20-18)13-7-4-3-5-8-13/h3-12,20H,1-2H3.